The zero-order valence-corrected chi connectivity index (χ0v) is 13.6. The molecule has 0 aliphatic rings. The molecule has 2 heterocycles. The summed E-state index contributed by atoms with van der Waals surface area (Å²) in [6.07, 6.45) is 2.25. The van der Waals surface area contributed by atoms with Crippen LogP contribution in [0.25, 0.3) is 5.65 Å². The Labute approximate surface area is 147 Å². The highest BCUT2D eigenvalue weighted by Gasteiger charge is 2.32. The molecule has 2 N–H and O–H groups in total. The number of rotatable bonds is 6. The Morgan fingerprint density at radius 3 is 2.81 bits per heavy atom. The molecular formula is C17H16F3N5O. The van der Waals surface area contributed by atoms with E-state index in [0.717, 1.165) is 6.07 Å². The molecule has 0 bridgehead atoms. The van der Waals surface area contributed by atoms with Crippen molar-refractivity contribution in [3.63, 3.8) is 0 Å². The second-order valence-corrected chi connectivity index (χ2v) is 5.56. The molecule has 0 spiro atoms. The molecule has 0 unspecified atom stereocenters. The molecule has 0 radical (unpaired) electrons. The van der Waals surface area contributed by atoms with Gasteiger partial charge in [0.1, 0.15) is 5.82 Å². The quantitative estimate of drug-likeness (QED) is 0.707. The monoisotopic (exact) mass is 363 g/mol. The number of halogens is 3. The molecular weight excluding hydrogens is 347 g/mol. The van der Waals surface area contributed by atoms with Crippen LogP contribution in [0, 0.1) is 0 Å². The molecule has 2 aromatic heterocycles. The predicted octanol–water partition coefficient (Wildman–Crippen LogP) is 2.87. The summed E-state index contributed by atoms with van der Waals surface area (Å²) < 4.78 is 40.6. The number of nitrogens with zero attached hydrogens (tertiary/aromatic N) is 3. The van der Waals surface area contributed by atoms with Crippen molar-refractivity contribution in [1.29, 1.82) is 0 Å². The lowest BCUT2D eigenvalue weighted by atomic mass is 10.1. The van der Waals surface area contributed by atoms with Crippen LogP contribution in [0.5, 0.6) is 0 Å². The van der Waals surface area contributed by atoms with Gasteiger partial charge < -0.3 is 10.6 Å². The summed E-state index contributed by atoms with van der Waals surface area (Å²) in [6, 6.07) is 5.19. The molecule has 1 aromatic carbocycles. The summed E-state index contributed by atoms with van der Waals surface area (Å²) in [5.74, 6) is 0.364. The predicted molar refractivity (Wildman–Crippen MR) is 89.4 cm³/mol. The third kappa shape index (κ3) is 4.11. The summed E-state index contributed by atoms with van der Waals surface area (Å²) in [4.78, 5) is 20.0. The fraction of sp³-hybridized carbons (Fsp3) is 0.235. The number of fused-ring (bicyclic) bond motifs is 1. The van der Waals surface area contributed by atoms with Gasteiger partial charge in [-0.15, -0.1) is 0 Å². The minimum atomic E-state index is -4.44. The van der Waals surface area contributed by atoms with Crippen LogP contribution in [-0.4, -0.2) is 26.8 Å². The molecule has 0 atom stereocenters. The first-order valence-corrected chi connectivity index (χ1v) is 7.88. The van der Waals surface area contributed by atoms with Crippen LogP contribution in [0.4, 0.5) is 19.0 Å². The highest BCUT2D eigenvalue weighted by atomic mass is 19.4. The van der Waals surface area contributed by atoms with Crippen molar-refractivity contribution in [3.8, 4) is 0 Å². The molecule has 0 fully saturated rings. The fourth-order valence-electron chi connectivity index (χ4n) is 2.51. The number of imidazole rings is 1. The first kappa shape index (κ1) is 17.7. The van der Waals surface area contributed by atoms with Gasteiger partial charge in [-0.1, -0.05) is 18.2 Å². The first-order valence-electron chi connectivity index (χ1n) is 7.88. The number of amides is 1. The Bertz CT molecular complexity index is 907. The molecule has 0 aliphatic carbocycles. The average molecular weight is 363 g/mol. The van der Waals surface area contributed by atoms with Crippen LogP contribution < -0.4 is 10.6 Å². The molecule has 9 heteroatoms. The summed E-state index contributed by atoms with van der Waals surface area (Å²) >= 11 is 0. The molecule has 0 saturated carbocycles. The second kappa shape index (κ2) is 7.42. The van der Waals surface area contributed by atoms with Crippen molar-refractivity contribution in [2.75, 3.05) is 11.9 Å². The number of alkyl halides is 3. The zero-order valence-electron chi connectivity index (χ0n) is 13.6. The van der Waals surface area contributed by atoms with Crippen LogP contribution in [0.2, 0.25) is 0 Å². The number of carbonyl (C=O) groups excluding carboxylic acids is 1. The van der Waals surface area contributed by atoms with Crippen LogP contribution in [0.1, 0.15) is 17.5 Å². The number of aromatic nitrogens is 3. The van der Waals surface area contributed by atoms with E-state index in [2.05, 4.69) is 20.6 Å². The van der Waals surface area contributed by atoms with Gasteiger partial charge in [-0.05, 0) is 11.6 Å². The summed E-state index contributed by atoms with van der Waals surface area (Å²) in [6.45, 7) is 0.151. The number of hydrogen-bond donors (Lipinski definition) is 2. The van der Waals surface area contributed by atoms with E-state index in [1.807, 2.05) is 0 Å². The Morgan fingerprint density at radius 1 is 1.19 bits per heavy atom. The SMILES string of the molecule is O=C(CCNc1cnc2cnccn12)NCc1ccccc1C(F)(F)F. The van der Waals surface area contributed by atoms with Crippen molar-refractivity contribution in [2.45, 2.75) is 19.1 Å². The van der Waals surface area contributed by atoms with Gasteiger partial charge in [0.05, 0.1) is 18.0 Å². The first-order chi connectivity index (χ1) is 12.4. The van der Waals surface area contributed by atoms with Crippen molar-refractivity contribution < 1.29 is 18.0 Å². The molecule has 1 amide bonds. The van der Waals surface area contributed by atoms with E-state index in [1.165, 1.54) is 18.2 Å². The smallest absolute Gasteiger partial charge is 0.369 e. The normalized spacial score (nSPS) is 11.5. The van der Waals surface area contributed by atoms with Crippen LogP contribution in [-0.2, 0) is 17.5 Å². The van der Waals surface area contributed by atoms with Gasteiger partial charge >= 0.3 is 6.18 Å². The highest BCUT2D eigenvalue weighted by molar-refractivity contribution is 5.76. The van der Waals surface area contributed by atoms with E-state index < -0.39 is 11.7 Å². The van der Waals surface area contributed by atoms with Crippen LogP contribution in [0.15, 0.2) is 49.1 Å². The Balaban J connectivity index is 1.51. The van der Waals surface area contributed by atoms with E-state index >= 15 is 0 Å². The Kier molecular flexibility index (Phi) is 5.06. The highest BCUT2D eigenvalue weighted by Crippen LogP contribution is 2.31. The van der Waals surface area contributed by atoms with Gasteiger partial charge in [-0.3, -0.25) is 14.2 Å². The minimum absolute atomic E-state index is 0.0376. The number of anilines is 1. The van der Waals surface area contributed by atoms with E-state index in [0.29, 0.717) is 18.0 Å². The Hall–Kier alpha value is -3.10. The van der Waals surface area contributed by atoms with E-state index in [-0.39, 0.29) is 24.4 Å². The fourth-order valence-corrected chi connectivity index (χ4v) is 2.51. The molecule has 3 aromatic rings. The molecule has 26 heavy (non-hydrogen) atoms. The molecule has 0 saturated heterocycles. The second-order valence-electron chi connectivity index (χ2n) is 5.56. The number of nitrogens with one attached hydrogen (secondary N) is 2. The number of benzene rings is 1. The summed E-state index contributed by atoms with van der Waals surface area (Å²) in [7, 11) is 0. The summed E-state index contributed by atoms with van der Waals surface area (Å²) in [5.41, 5.74) is -0.0310. The van der Waals surface area contributed by atoms with Gasteiger partial charge in [0.25, 0.3) is 0 Å². The summed E-state index contributed by atoms with van der Waals surface area (Å²) in [5, 5.41) is 5.58. The van der Waals surface area contributed by atoms with Gasteiger partial charge in [0, 0.05) is 31.9 Å². The molecule has 136 valence electrons. The van der Waals surface area contributed by atoms with Crippen molar-refractivity contribution in [1.82, 2.24) is 19.7 Å². The van der Waals surface area contributed by atoms with Crippen LogP contribution >= 0.6 is 0 Å². The number of carbonyl (C=O) groups is 1. The lowest BCUT2D eigenvalue weighted by Gasteiger charge is -2.13. The van der Waals surface area contributed by atoms with Crippen LogP contribution in [0.3, 0.4) is 0 Å². The largest absolute Gasteiger partial charge is 0.416 e. The topological polar surface area (TPSA) is 71.3 Å². The van der Waals surface area contributed by atoms with Gasteiger partial charge in [-0.25, -0.2) is 4.98 Å². The average Bonchev–Trinajstić information content (AvgIpc) is 3.03. The van der Waals surface area contributed by atoms with Gasteiger partial charge in [-0.2, -0.15) is 13.2 Å². The zero-order chi connectivity index (χ0) is 18.6. The maximum atomic E-state index is 12.9. The minimum Gasteiger partial charge on any atom is -0.369 e. The van der Waals surface area contributed by atoms with E-state index in [4.69, 9.17) is 0 Å². The lowest BCUT2D eigenvalue weighted by molar-refractivity contribution is -0.138. The molecule has 6 nitrogen and oxygen atoms in total. The number of hydrogen-bond acceptors (Lipinski definition) is 4. The van der Waals surface area contributed by atoms with Crippen molar-refractivity contribution in [2.24, 2.45) is 0 Å². The third-order valence-electron chi connectivity index (χ3n) is 3.77. The van der Waals surface area contributed by atoms with Crippen molar-refractivity contribution in [3.05, 3.63) is 60.2 Å². The Morgan fingerprint density at radius 2 is 2.00 bits per heavy atom. The molecule has 3 rings (SSSR count). The van der Waals surface area contributed by atoms with Gasteiger partial charge in [0.15, 0.2) is 5.65 Å². The maximum absolute atomic E-state index is 12.9. The van der Waals surface area contributed by atoms with E-state index in [9.17, 15) is 18.0 Å². The van der Waals surface area contributed by atoms with E-state index in [1.54, 1.807) is 29.2 Å². The maximum Gasteiger partial charge on any atom is 0.416 e. The standard InChI is InChI=1S/C17H16F3N5O/c18-17(19,20)13-4-2-1-3-12(13)9-24-16(26)5-6-22-15-11-23-14-10-21-7-8-25(14)15/h1-4,7-8,10-11,22H,5-6,9H2,(H,24,26). The lowest BCUT2D eigenvalue weighted by Crippen LogP contribution is -2.26. The third-order valence-corrected chi connectivity index (χ3v) is 3.77. The van der Waals surface area contributed by atoms with Crippen molar-refractivity contribution >= 4 is 17.4 Å². The molecule has 0 aliphatic heterocycles. The van der Waals surface area contributed by atoms with Gasteiger partial charge in [0.2, 0.25) is 5.91 Å².